The highest BCUT2D eigenvalue weighted by Gasteiger charge is 2.45. The highest BCUT2D eigenvalue weighted by molar-refractivity contribution is 5.87. The lowest BCUT2D eigenvalue weighted by molar-refractivity contribution is -0.122. The zero-order chi connectivity index (χ0) is 18.0. The Hall–Kier alpha value is -2.96. The second-order valence-corrected chi connectivity index (χ2v) is 6.02. The molecule has 3 amide bonds. The molecule has 1 aliphatic carbocycles. The van der Waals surface area contributed by atoms with Gasteiger partial charge in [0, 0.05) is 24.2 Å². The average molecular weight is 345 g/mol. The van der Waals surface area contributed by atoms with Crippen LogP contribution < -0.4 is 16.4 Å². The van der Waals surface area contributed by atoms with Gasteiger partial charge in [-0.05, 0) is 41.7 Å². The predicted octanol–water partition coefficient (Wildman–Crippen LogP) is 2.88. The van der Waals surface area contributed by atoms with Crippen molar-refractivity contribution in [2.75, 3.05) is 5.32 Å². The van der Waals surface area contributed by atoms with Crippen molar-refractivity contribution < 1.29 is 18.4 Å². The number of halogens is 2. The van der Waals surface area contributed by atoms with Crippen molar-refractivity contribution in [1.82, 2.24) is 5.32 Å². The maximum atomic E-state index is 13.8. The number of hydrogen-bond donors (Lipinski definition) is 3. The maximum absolute atomic E-state index is 13.8. The number of nitrogens with one attached hydrogen (secondary N) is 2. The van der Waals surface area contributed by atoms with Gasteiger partial charge in [0.2, 0.25) is 5.91 Å². The van der Waals surface area contributed by atoms with E-state index in [1.807, 2.05) is 0 Å². The third-order valence-electron chi connectivity index (χ3n) is 4.15. The SMILES string of the molecule is NC(=O)Nc1cccc(CNC(=O)[C@H]2C[C@H]2c2ccc(F)cc2F)c1. The van der Waals surface area contributed by atoms with Crippen molar-refractivity contribution in [2.24, 2.45) is 11.7 Å². The maximum Gasteiger partial charge on any atom is 0.316 e. The highest BCUT2D eigenvalue weighted by Crippen LogP contribution is 2.48. The van der Waals surface area contributed by atoms with Gasteiger partial charge in [0.05, 0.1) is 0 Å². The van der Waals surface area contributed by atoms with E-state index in [-0.39, 0.29) is 24.3 Å². The molecule has 0 radical (unpaired) electrons. The monoisotopic (exact) mass is 345 g/mol. The second kappa shape index (κ2) is 6.88. The molecule has 5 nitrogen and oxygen atoms in total. The molecule has 0 saturated heterocycles. The van der Waals surface area contributed by atoms with Crippen LogP contribution >= 0.6 is 0 Å². The van der Waals surface area contributed by atoms with Crippen molar-refractivity contribution in [2.45, 2.75) is 18.9 Å². The molecule has 3 rings (SSSR count). The van der Waals surface area contributed by atoms with Crippen molar-refractivity contribution in [1.29, 1.82) is 0 Å². The molecular formula is C18H17F2N3O2. The van der Waals surface area contributed by atoms with Crippen LogP contribution in [0.2, 0.25) is 0 Å². The van der Waals surface area contributed by atoms with Crippen molar-refractivity contribution in [3.05, 3.63) is 65.2 Å². The summed E-state index contributed by atoms with van der Waals surface area (Å²) < 4.78 is 26.7. The van der Waals surface area contributed by atoms with Gasteiger partial charge in [0.1, 0.15) is 11.6 Å². The first-order chi connectivity index (χ1) is 11.9. The van der Waals surface area contributed by atoms with Crippen LogP contribution in [0.25, 0.3) is 0 Å². The fraction of sp³-hybridized carbons (Fsp3) is 0.222. The van der Waals surface area contributed by atoms with Crippen LogP contribution in [0.3, 0.4) is 0 Å². The van der Waals surface area contributed by atoms with Gasteiger partial charge < -0.3 is 16.4 Å². The first-order valence-corrected chi connectivity index (χ1v) is 7.82. The number of hydrogen-bond acceptors (Lipinski definition) is 2. The molecule has 25 heavy (non-hydrogen) atoms. The fourth-order valence-corrected chi connectivity index (χ4v) is 2.85. The molecule has 0 spiro atoms. The molecule has 2 atom stereocenters. The summed E-state index contributed by atoms with van der Waals surface area (Å²) in [5, 5.41) is 5.25. The Bertz CT molecular complexity index is 826. The molecule has 0 unspecified atom stereocenters. The summed E-state index contributed by atoms with van der Waals surface area (Å²) in [6.07, 6.45) is 0.539. The summed E-state index contributed by atoms with van der Waals surface area (Å²) in [6, 6.07) is 9.68. The van der Waals surface area contributed by atoms with Crippen LogP contribution in [-0.4, -0.2) is 11.9 Å². The van der Waals surface area contributed by atoms with E-state index in [4.69, 9.17) is 5.73 Å². The third kappa shape index (κ3) is 4.12. The first-order valence-electron chi connectivity index (χ1n) is 7.82. The van der Waals surface area contributed by atoms with Gasteiger partial charge in [-0.25, -0.2) is 13.6 Å². The van der Waals surface area contributed by atoms with Gasteiger partial charge in [0.15, 0.2) is 0 Å². The average Bonchev–Trinajstić information content (AvgIpc) is 3.33. The topological polar surface area (TPSA) is 84.2 Å². The van der Waals surface area contributed by atoms with E-state index in [0.29, 0.717) is 17.7 Å². The summed E-state index contributed by atoms with van der Waals surface area (Å²) in [5.74, 6) is -1.96. The van der Waals surface area contributed by atoms with Crippen molar-refractivity contribution in [3.63, 3.8) is 0 Å². The van der Waals surface area contributed by atoms with Crippen LogP contribution in [0, 0.1) is 17.6 Å². The fourth-order valence-electron chi connectivity index (χ4n) is 2.85. The van der Waals surface area contributed by atoms with E-state index in [0.717, 1.165) is 11.6 Å². The molecule has 0 bridgehead atoms. The molecule has 130 valence electrons. The van der Waals surface area contributed by atoms with E-state index in [1.54, 1.807) is 24.3 Å². The van der Waals surface area contributed by atoms with Crippen LogP contribution in [0.4, 0.5) is 19.3 Å². The Labute approximate surface area is 143 Å². The predicted molar refractivity (Wildman–Crippen MR) is 88.7 cm³/mol. The molecule has 0 heterocycles. The lowest BCUT2D eigenvalue weighted by atomic mass is 10.1. The summed E-state index contributed by atoms with van der Waals surface area (Å²) >= 11 is 0. The number of carbonyl (C=O) groups excluding carboxylic acids is 2. The molecule has 7 heteroatoms. The molecule has 2 aromatic rings. The Kier molecular flexibility index (Phi) is 4.65. The standard InChI is InChI=1S/C18H17F2N3O2/c19-11-4-5-13(16(20)7-11)14-8-15(14)17(24)22-9-10-2-1-3-12(6-10)23-18(21)25/h1-7,14-15H,8-9H2,(H,22,24)(H3,21,23,25)/t14-,15-/m0/s1. The zero-order valence-corrected chi connectivity index (χ0v) is 13.3. The first kappa shape index (κ1) is 16.9. The molecular weight excluding hydrogens is 328 g/mol. The third-order valence-corrected chi connectivity index (χ3v) is 4.15. The van der Waals surface area contributed by atoms with Crippen molar-refractivity contribution >= 4 is 17.6 Å². The molecule has 1 fully saturated rings. The van der Waals surface area contributed by atoms with E-state index in [2.05, 4.69) is 10.6 Å². The highest BCUT2D eigenvalue weighted by atomic mass is 19.1. The summed E-state index contributed by atoms with van der Waals surface area (Å²) in [7, 11) is 0. The van der Waals surface area contributed by atoms with Crippen LogP contribution in [0.15, 0.2) is 42.5 Å². The molecule has 1 saturated carbocycles. The molecule has 4 N–H and O–H groups in total. The summed E-state index contributed by atoms with van der Waals surface area (Å²) in [6.45, 7) is 0.280. The van der Waals surface area contributed by atoms with Gasteiger partial charge in [-0.2, -0.15) is 0 Å². The Morgan fingerprint density at radius 3 is 2.68 bits per heavy atom. The summed E-state index contributed by atoms with van der Waals surface area (Å²) in [5.41, 5.74) is 6.77. The lowest BCUT2D eigenvalue weighted by Crippen LogP contribution is -2.25. The minimum atomic E-state index is -0.664. The number of rotatable bonds is 5. The largest absolute Gasteiger partial charge is 0.352 e. The van der Waals surface area contributed by atoms with Gasteiger partial charge in [-0.1, -0.05) is 18.2 Å². The Morgan fingerprint density at radius 2 is 1.96 bits per heavy atom. The van der Waals surface area contributed by atoms with Crippen molar-refractivity contribution in [3.8, 4) is 0 Å². The summed E-state index contributed by atoms with van der Waals surface area (Å²) in [4.78, 5) is 23.1. The number of benzene rings is 2. The van der Waals surface area contributed by atoms with E-state index in [1.165, 1.54) is 12.1 Å². The number of carbonyl (C=O) groups is 2. The Morgan fingerprint density at radius 1 is 1.16 bits per heavy atom. The van der Waals surface area contributed by atoms with Crippen LogP contribution in [0.1, 0.15) is 23.5 Å². The van der Waals surface area contributed by atoms with E-state index < -0.39 is 17.7 Å². The van der Waals surface area contributed by atoms with Crippen LogP contribution in [-0.2, 0) is 11.3 Å². The van der Waals surface area contributed by atoms with Gasteiger partial charge in [-0.3, -0.25) is 4.79 Å². The lowest BCUT2D eigenvalue weighted by Gasteiger charge is -2.08. The number of amides is 3. The molecule has 1 aliphatic rings. The number of urea groups is 1. The molecule has 0 aromatic heterocycles. The normalized spacial score (nSPS) is 18.5. The van der Waals surface area contributed by atoms with Crippen LogP contribution in [0.5, 0.6) is 0 Å². The van der Waals surface area contributed by atoms with Gasteiger partial charge >= 0.3 is 6.03 Å². The van der Waals surface area contributed by atoms with Gasteiger partial charge in [-0.15, -0.1) is 0 Å². The minimum absolute atomic E-state index is 0.179. The van der Waals surface area contributed by atoms with E-state index in [9.17, 15) is 18.4 Å². The number of nitrogens with two attached hydrogens (primary N) is 1. The minimum Gasteiger partial charge on any atom is -0.352 e. The molecule has 2 aromatic carbocycles. The molecule has 0 aliphatic heterocycles. The van der Waals surface area contributed by atoms with Gasteiger partial charge in [0.25, 0.3) is 0 Å². The number of anilines is 1. The quantitative estimate of drug-likeness (QED) is 0.778. The number of primary amides is 1. The van der Waals surface area contributed by atoms with E-state index >= 15 is 0 Å². The smallest absolute Gasteiger partial charge is 0.316 e. The Balaban J connectivity index is 1.56. The zero-order valence-electron chi connectivity index (χ0n) is 13.3. The second-order valence-electron chi connectivity index (χ2n) is 6.02.